The Kier molecular flexibility index (Phi) is 2.43. The maximum atomic E-state index is 13.2. The quantitative estimate of drug-likeness (QED) is 0.759. The molecule has 0 bridgehead atoms. The summed E-state index contributed by atoms with van der Waals surface area (Å²) in [6.45, 7) is 0.235. The summed E-state index contributed by atoms with van der Waals surface area (Å²) in [5.74, 6) is -0.630. The molecule has 1 aromatic rings. The van der Waals surface area contributed by atoms with Gasteiger partial charge in [-0.1, -0.05) is 23.2 Å². The third-order valence-electron chi connectivity index (χ3n) is 2.18. The highest BCUT2D eigenvalue weighted by molar-refractivity contribution is 6.33. The first-order valence-corrected chi connectivity index (χ1v) is 4.74. The Morgan fingerprint density at radius 2 is 2.00 bits per heavy atom. The zero-order valence-electron chi connectivity index (χ0n) is 7.06. The van der Waals surface area contributed by atoms with Crippen molar-refractivity contribution in [2.45, 2.75) is 5.60 Å². The highest BCUT2D eigenvalue weighted by Crippen LogP contribution is 2.37. The Hall–Kier alpha value is -0.350. The lowest BCUT2D eigenvalue weighted by atomic mass is 9.92. The molecule has 0 spiro atoms. The van der Waals surface area contributed by atoms with Gasteiger partial charge in [0.15, 0.2) is 0 Å². The van der Waals surface area contributed by atoms with Gasteiger partial charge in [0.2, 0.25) is 0 Å². The fourth-order valence-corrected chi connectivity index (χ4v) is 1.84. The lowest BCUT2D eigenvalue weighted by Crippen LogP contribution is -2.46. The molecule has 2 nitrogen and oxygen atoms in total. The van der Waals surface area contributed by atoms with Crippen molar-refractivity contribution in [2.75, 3.05) is 13.2 Å². The summed E-state index contributed by atoms with van der Waals surface area (Å²) in [6, 6.07) is 2.56. The minimum atomic E-state index is -1.19. The molecule has 0 aromatic heterocycles. The summed E-state index contributed by atoms with van der Waals surface area (Å²) in [7, 11) is 0. The van der Waals surface area contributed by atoms with E-state index < -0.39 is 11.4 Å². The van der Waals surface area contributed by atoms with Gasteiger partial charge < -0.3 is 9.84 Å². The van der Waals surface area contributed by atoms with Crippen LogP contribution in [0.5, 0.6) is 0 Å². The molecule has 1 heterocycles. The van der Waals surface area contributed by atoms with Crippen LogP contribution in [0.2, 0.25) is 10.0 Å². The van der Waals surface area contributed by atoms with Gasteiger partial charge >= 0.3 is 0 Å². The van der Waals surface area contributed by atoms with Crippen molar-refractivity contribution in [1.82, 2.24) is 0 Å². The Morgan fingerprint density at radius 3 is 2.50 bits per heavy atom. The molecule has 1 N–H and O–H groups in total. The van der Waals surface area contributed by atoms with Gasteiger partial charge in [-0.15, -0.1) is 0 Å². The summed E-state index contributed by atoms with van der Waals surface area (Å²) >= 11 is 11.4. The van der Waals surface area contributed by atoms with Crippen molar-refractivity contribution < 1.29 is 14.2 Å². The Balaban J connectivity index is 2.51. The van der Waals surface area contributed by atoms with Crippen LogP contribution in [-0.4, -0.2) is 18.3 Å². The van der Waals surface area contributed by atoms with Gasteiger partial charge in [0.1, 0.15) is 11.4 Å². The summed E-state index contributed by atoms with van der Waals surface area (Å²) in [6.07, 6.45) is 0. The third kappa shape index (κ3) is 1.50. The largest absolute Gasteiger partial charge is 0.380 e. The fourth-order valence-electron chi connectivity index (χ4n) is 1.35. The molecular weight excluding hydrogens is 230 g/mol. The van der Waals surface area contributed by atoms with Crippen LogP contribution in [0, 0.1) is 5.82 Å². The standard InChI is InChI=1S/C9H7Cl2FO2/c10-5-1-6(8(11)7(12)2-5)9(13)3-14-4-9/h1-2,13H,3-4H2. The molecule has 0 aliphatic carbocycles. The molecule has 0 amide bonds. The first-order chi connectivity index (χ1) is 6.53. The van der Waals surface area contributed by atoms with Gasteiger partial charge in [0, 0.05) is 10.6 Å². The van der Waals surface area contributed by atoms with Crippen molar-refractivity contribution in [2.24, 2.45) is 0 Å². The molecule has 0 saturated carbocycles. The van der Waals surface area contributed by atoms with Crippen molar-refractivity contribution in [1.29, 1.82) is 0 Å². The number of halogens is 3. The number of aliphatic hydroxyl groups is 1. The molecule has 1 saturated heterocycles. The van der Waals surface area contributed by atoms with Crippen LogP contribution in [0.1, 0.15) is 5.56 Å². The van der Waals surface area contributed by atoms with E-state index in [4.69, 9.17) is 27.9 Å². The van der Waals surface area contributed by atoms with Crippen LogP contribution >= 0.6 is 23.2 Å². The van der Waals surface area contributed by atoms with Crippen LogP contribution in [-0.2, 0) is 10.3 Å². The lowest BCUT2D eigenvalue weighted by Gasteiger charge is -2.37. The fraction of sp³-hybridized carbons (Fsp3) is 0.333. The summed E-state index contributed by atoms with van der Waals surface area (Å²) in [4.78, 5) is 0. The van der Waals surface area contributed by atoms with E-state index in [-0.39, 0.29) is 28.8 Å². The lowest BCUT2D eigenvalue weighted by molar-refractivity contribution is -0.184. The molecule has 14 heavy (non-hydrogen) atoms. The van der Waals surface area contributed by atoms with E-state index in [1.807, 2.05) is 0 Å². The molecule has 1 aromatic carbocycles. The second-order valence-electron chi connectivity index (χ2n) is 3.27. The SMILES string of the molecule is OC1(c2cc(Cl)cc(F)c2Cl)COC1. The van der Waals surface area contributed by atoms with Crippen molar-refractivity contribution in [3.05, 3.63) is 33.6 Å². The molecule has 5 heteroatoms. The number of rotatable bonds is 1. The minimum absolute atomic E-state index is 0.0970. The number of hydrogen-bond acceptors (Lipinski definition) is 2. The van der Waals surface area contributed by atoms with Gasteiger partial charge in [0.05, 0.1) is 18.2 Å². The number of hydrogen-bond donors (Lipinski definition) is 1. The second-order valence-corrected chi connectivity index (χ2v) is 4.09. The topological polar surface area (TPSA) is 29.5 Å². The molecule has 1 fully saturated rings. The van der Waals surface area contributed by atoms with Gasteiger partial charge in [-0.05, 0) is 12.1 Å². The average Bonchev–Trinajstić information content (AvgIpc) is 2.07. The molecular formula is C9H7Cl2FO2. The Bertz CT molecular complexity index is 377. The van der Waals surface area contributed by atoms with Crippen molar-refractivity contribution in [3.8, 4) is 0 Å². The van der Waals surface area contributed by atoms with Crippen LogP contribution in [0.4, 0.5) is 4.39 Å². The van der Waals surface area contributed by atoms with Crippen LogP contribution in [0.3, 0.4) is 0 Å². The first kappa shape index (κ1) is 10.2. The predicted octanol–water partition coefficient (Wildman–Crippen LogP) is 2.35. The Morgan fingerprint density at radius 1 is 1.36 bits per heavy atom. The molecule has 0 unspecified atom stereocenters. The van der Waals surface area contributed by atoms with Gasteiger partial charge in [0.25, 0.3) is 0 Å². The van der Waals surface area contributed by atoms with E-state index in [9.17, 15) is 9.50 Å². The Labute approximate surface area is 90.2 Å². The summed E-state index contributed by atoms with van der Waals surface area (Å²) < 4.78 is 18.0. The van der Waals surface area contributed by atoms with Crippen molar-refractivity contribution >= 4 is 23.2 Å². The summed E-state index contributed by atoms with van der Waals surface area (Å²) in [5, 5.41) is 9.99. The van der Waals surface area contributed by atoms with E-state index in [0.29, 0.717) is 0 Å². The molecule has 1 aliphatic rings. The smallest absolute Gasteiger partial charge is 0.143 e. The maximum Gasteiger partial charge on any atom is 0.143 e. The molecule has 0 atom stereocenters. The molecule has 0 radical (unpaired) electrons. The first-order valence-electron chi connectivity index (χ1n) is 3.98. The van der Waals surface area contributed by atoms with Gasteiger partial charge in [-0.25, -0.2) is 4.39 Å². The zero-order valence-corrected chi connectivity index (χ0v) is 8.57. The molecule has 1 aliphatic heterocycles. The number of ether oxygens (including phenoxy) is 1. The monoisotopic (exact) mass is 236 g/mol. The van der Waals surface area contributed by atoms with E-state index in [0.717, 1.165) is 6.07 Å². The summed E-state index contributed by atoms with van der Waals surface area (Å²) in [5.41, 5.74) is -0.904. The normalized spacial score (nSPS) is 19.1. The third-order valence-corrected chi connectivity index (χ3v) is 2.78. The molecule has 76 valence electrons. The van der Waals surface area contributed by atoms with Crippen molar-refractivity contribution in [3.63, 3.8) is 0 Å². The average molecular weight is 237 g/mol. The maximum absolute atomic E-state index is 13.2. The molecule has 2 rings (SSSR count). The van der Waals surface area contributed by atoms with Gasteiger partial charge in [-0.3, -0.25) is 0 Å². The highest BCUT2D eigenvalue weighted by Gasteiger charge is 2.40. The van der Waals surface area contributed by atoms with Crippen LogP contribution in [0.25, 0.3) is 0 Å². The van der Waals surface area contributed by atoms with E-state index >= 15 is 0 Å². The highest BCUT2D eigenvalue weighted by atomic mass is 35.5. The van der Waals surface area contributed by atoms with Crippen LogP contribution in [0.15, 0.2) is 12.1 Å². The zero-order chi connectivity index (χ0) is 10.3. The second kappa shape index (κ2) is 3.35. The predicted molar refractivity (Wildman–Crippen MR) is 51.1 cm³/mol. The van der Waals surface area contributed by atoms with E-state index in [2.05, 4.69) is 0 Å². The van der Waals surface area contributed by atoms with E-state index in [1.54, 1.807) is 0 Å². The number of benzene rings is 1. The van der Waals surface area contributed by atoms with Crippen LogP contribution < -0.4 is 0 Å². The minimum Gasteiger partial charge on any atom is -0.380 e. The van der Waals surface area contributed by atoms with E-state index in [1.165, 1.54) is 6.07 Å². The van der Waals surface area contributed by atoms with Gasteiger partial charge in [-0.2, -0.15) is 0 Å².